The Kier molecular flexibility index (Phi) is 7.00. The first kappa shape index (κ1) is 20.3. The lowest BCUT2D eigenvalue weighted by Gasteiger charge is -2.08. The summed E-state index contributed by atoms with van der Waals surface area (Å²) < 4.78 is 19.1. The van der Waals surface area contributed by atoms with E-state index in [0.29, 0.717) is 22.6 Å². The monoisotopic (exact) mass is 417 g/mol. The molecule has 1 amide bonds. The smallest absolute Gasteiger partial charge is 0.264 e. The number of anilines is 1. The molecule has 5 nitrogen and oxygen atoms in total. The van der Waals surface area contributed by atoms with Gasteiger partial charge in [0.15, 0.2) is 10.9 Å². The first-order valence-corrected chi connectivity index (χ1v) is 10.5. The van der Waals surface area contributed by atoms with E-state index in [1.165, 1.54) is 40.8 Å². The van der Waals surface area contributed by atoms with Crippen LogP contribution in [0, 0.1) is 5.82 Å². The van der Waals surface area contributed by atoms with E-state index in [0.717, 1.165) is 9.90 Å². The molecule has 0 saturated carbocycles. The van der Waals surface area contributed by atoms with Gasteiger partial charge in [-0.3, -0.25) is 10.1 Å². The standard InChI is InChI=1S/C20H20FN3O2S2/c1-13(2)15-5-9-17(10-6-15)26-11-18(25)22-19-23-24-20(28-19)27-12-14-3-7-16(21)8-4-14/h3-10,13H,11-12H2,1-2H3,(H,22,23,25). The highest BCUT2D eigenvalue weighted by atomic mass is 32.2. The molecular weight excluding hydrogens is 397 g/mol. The molecule has 2 aromatic carbocycles. The van der Waals surface area contributed by atoms with Gasteiger partial charge in [0.2, 0.25) is 5.13 Å². The lowest BCUT2D eigenvalue weighted by Crippen LogP contribution is -2.20. The van der Waals surface area contributed by atoms with Gasteiger partial charge < -0.3 is 4.74 Å². The maximum absolute atomic E-state index is 12.9. The summed E-state index contributed by atoms with van der Waals surface area (Å²) in [6.45, 7) is 4.15. The fourth-order valence-corrected chi connectivity index (χ4v) is 4.02. The predicted molar refractivity (Wildman–Crippen MR) is 111 cm³/mol. The number of ether oxygens (including phenoxy) is 1. The van der Waals surface area contributed by atoms with Crippen LogP contribution in [0.2, 0.25) is 0 Å². The van der Waals surface area contributed by atoms with Crippen LogP contribution in [0.25, 0.3) is 0 Å². The van der Waals surface area contributed by atoms with Crippen LogP contribution in [0.4, 0.5) is 9.52 Å². The molecule has 1 aromatic heterocycles. The van der Waals surface area contributed by atoms with Crippen LogP contribution < -0.4 is 10.1 Å². The molecule has 0 saturated heterocycles. The molecule has 1 N–H and O–H groups in total. The molecule has 0 aliphatic carbocycles. The number of hydrogen-bond acceptors (Lipinski definition) is 6. The number of nitrogens with one attached hydrogen (secondary N) is 1. The van der Waals surface area contributed by atoms with Crippen LogP contribution >= 0.6 is 23.1 Å². The van der Waals surface area contributed by atoms with Gasteiger partial charge in [-0.05, 0) is 41.3 Å². The molecule has 8 heteroatoms. The molecule has 0 radical (unpaired) electrons. The van der Waals surface area contributed by atoms with Gasteiger partial charge in [-0.15, -0.1) is 10.2 Å². The van der Waals surface area contributed by atoms with E-state index in [4.69, 9.17) is 4.74 Å². The second kappa shape index (κ2) is 9.66. The summed E-state index contributed by atoms with van der Waals surface area (Å²) in [6.07, 6.45) is 0. The van der Waals surface area contributed by atoms with Crippen molar-refractivity contribution in [3.05, 3.63) is 65.5 Å². The second-order valence-corrected chi connectivity index (χ2v) is 8.55. The number of carbonyl (C=O) groups is 1. The molecule has 3 rings (SSSR count). The first-order chi connectivity index (χ1) is 13.5. The number of nitrogens with zero attached hydrogens (tertiary/aromatic N) is 2. The largest absolute Gasteiger partial charge is 0.484 e. The summed E-state index contributed by atoms with van der Waals surface area (Å²) in [5.74, 6) is 1.20. The fraction of sp³-hybridized carbons (Fsp3) is 0.250. The van der Waals surface area contributed by atoms with Gasteiger partial charge in [-0.1, -0.05) is 61.2 Å². The van der Waals surface area contributed by atoms with E-state index in [9.17, 15) is 9.18 Å². The van der Waals surface area contributed by atoms with Crippen LogP contribution in [0.5, 0.6) is 5.75 Å². The van der Waals surface area contributed by atoms with Gasteiger partial charge in [-0.25, -0.2) is 4.39 Å². The number of aromatic nitrogens is 2. The summed E-state index contributed by atoms with van der Waals surface area (Å²) >= 11 is 2.77. The Labute approximate surface area is 171 Å². The van der Waals surface area contributed by atoms with E-state index >= 15 is 0 Å². The third-order valence-electron chi connectivity index (χ3n) is 3.85. The lowest BCUT2D eigenvalue weighted by molar-refractivity contribution is -0.118. The normalized spacial score (nSPS) is 10.9. The lowest BCUT2D eigenvalue weighted by atomic mass is 10.0. The van der Waals surface area contributed by atoms with Gasteiger partial charge in [0.25, 0.3) is 5.91 Å². The van der Waals surface area contributed by atoms with Crippen molar-refractivity contribution in [3.63, 3.8) is 0 Å². The Bertz CT molecular complexity index is 912. The average molecular weight is 418 g/mol. The molecule has 0 fully saturated rings. The molecule has 0 unspecified atom stereocenters. The molecular formula is C20H20FN3O2S2. The predicted octanol–water partition coefficient (Wildman–Crippen LogP) is 5.11. The zero-order valence-electron chi connectivity index (χ0n) is 15.5. The molecule has 0 bridgehead atoms. The zero-order chi connectivity index (χ0) is 19.9. The van der Waals surface area contributed by atoms with E-state index in [1.807, 2.05) is 24.3 Å². The van der Waals surface area contributed by atoms with Crippen LogP contribution in [0.1, 0.15) is 30.9 Å². The molecule has 3 aromatic rings. The molecule has 0 aliphatic heterocycles. The summed E-state index contributed by atoms with van der Waals surface area (Å²) in [4.78, 5) is 12.0. The number of benzene rings is 2. The van der Waals surface area contributed by atoms with E-state index in [1.54, 1.807) is 12.1 Å². The highest BCUT2D eigenvalue weighted by Crippen LogP contribution is 2.28. The maximum Gasteiger partial charge on any atom is 0.264 e. The number of amides is 1. The van der Waals surface area contributed by atoms with Crippen molar-refractivity contribution in [1.29, 1.82) is 0 Å². The highest BCUT2D eigenvalue weighted by Gasteiger charge is 2.10. The van der Waals surface area contributed by atoms with Gasteiger partial charge in [0.1, 0.15) is 11.6 Å². The Balaban J connectivity index is 1.44. The number of halogens is 1. The van der Waals surface area contributed by atoms with Gasteiger partial charge in [0.05, 0.1) is 0 Å². The molecule has 28 heavy (non-hydrogen) atoms. The summed E-state index contributed by atoms with van der Waals surface area (Å²) in [6, 6.07) is 14.0. The van der Waals surface area contributed by atoms with Crippen molar-refractivity contribution in [2.45, 2.75) is 29.9 Å². The van der Waals surface area contributed by atoms with Gasteiger partial charge in [-0.2, -0.15) is 0 Å². The minimum absolute atomic E-state index is 0.0986. The number of rotatable bonds is 8. The Morgan fingerprint density at radius 1 is 1.14 bits per heavy atom. The third kappa shape index (κ3) is 6.03. The Morgan fingerprint density at radius 3 is 2.54 bits per heavy atom. The second-order valence-electron chi connectivity index (χ2n) is 6.35. The van der Waals surface area contributed by atoms with Gasteiger partial charge in [0, 0.05) is 5.75 Å². The molecule has 1 heterocycles. The maximum atomic E-state index is 12.9. The number of hydrogen-bond donors (Lipinski definition) is 1. The highest BCUT2D eigenvalue weighted by molar-refractivity contribution is 8.00. The minimum Gasteiger partial charge on any atom is -0.484 e. The van der Waals surface area contributed by atoms with Crippen LogP contribution in [0.3, 0.4) is 0 Å². The van der Waals surface area contributed by atoms with Crippen LogP contribution in [-0.2, 0) is 10.5 Å². The van der Waals surface area contributed by atoms with Crippen LogP contribution in [0.15, 0.2) is 52.9 Å². The average Bonchev–Trinajstić information content (AvgIpc) is 3.13. The van der Waals surface area contributed by atoms with Crippen molar-refractivity contribution >= 4 is 34.1 Å². The van der Waals surface area contributed by atoms with E-state index in [2.05, 4.69) is 29.4 Å². The van der Waals surface area contributed by atoms with Crippen molar-refractivity contribution < 1.29 is 13.9 Å². The SMILES string of the molecule is CC(C)c1ccc(OCC(=O)Nc2nnc(SCc3ccc(F)cc3)s2)cc1. The topological polar surface area (TPSA) is 64.1 Å². The number of thioether (sulfide) groups is 1. The Hall–Kier alpha value is -2.45. The summed E-state index contributed by atoms with van der Waals surface area (Å²) in [5.41, 5.74) is 2.21. The van der Waals surface area contributed by atoms with Crippen molar-refractivity contribution in [1.82, 2.24) is 10.2 Å². The third-order valence-corrected chi connectivity index (χ3v) is 5.89. The minimum atomic E-state index is -0.292. The summed E-state index contributed by atoms with van der Waals surface area (Å²) in [5, 5.41) is 11.1. The van der Waals surface area contributed by atoms with Crippen molar-refractivity contribution in [3.8, 4) is 5.75 Å². The fourth-order valence-electron chi connectivity index (χ4n) is 2.30. The van der Waals surface area contributed by atoms with Crippen molar-refractivity contribution in [2.75, 3.05) is 11.9 Å². The molecule has 146 valence electrons. The Morgan fingerprint density at radius 2 is 1.86 bits per heavy atom. The van der Waals surface area contributed by atoms with E-state index in [-0.39, 0.29) is 18.3 Å². The number of carbonyl (C=O) groups excluding carboxylic acids is 1. The van der Waals surface area contributed by atoms with Crippen molar-refractivity contribution in [2.24, 2.45) is 0 Å². The van der Waals surface area contributed by atoms with E-state index < -0.39 is 0 Å². The van der Waals surface area contributed by atoms with Crippen LogP contribution in [-0.4, -0.2) is 22.7 Å². The molecule has 0 atom stereocenters. The van der Waals surface area contributed by atoms with Gasteiger partial charge >= 0.3 is 0 Å². The zero-order valence-corrected chi connectivity index (χ0v) is 17.1. The molecule has 0 spiro atoms. The first-order valence-electron chi connectivity index (χ1n) is 8.73. The quantitative estimate of drug-likeness (QED) is 0.408. The summed E-state index contributed by atoms with van der Waals surface area (Å²) in [7, 11) is 0. The molecule has 0 aliphatic rings.